The number of fused-ring (bicyclic) bond motifs is 1. The number of hydrogen-bond donors (Lipinski definition) is 0. The summed E-state index contributed by atoms with van der Waals surface area (Å²) in [4.78, 5) is 14.4. The summed E-state index contributed by atoms with van der Waals surface area (Å²) in [6.45, 7) is 0. The van der Waals surface area contributed by atoms with Crippen LogP contribution < -0.4 is 9.64 Å². The molecule has 1 aromatic heterocycles. The van der Waals surface area contributed by atoms with Crippen molar-refractivity contribution in [3.05, 3.63) is 59.2 Å². The van der Waals surface area contributed by atoms with Crippen LogP contribution in [0.15, 0.2) is 48.5 Å². The number of nitrogens with zero attached hydrogens (tertiary/aromatic N) is 2. The SMILES string of the molecule is COc1ccc2c(c1)cc(C(=O)N(C)c1cccc(Cl)c1)n2C. The van der Waals surface area contributed by atoms with Gasteiger partial charge in [-0.3, -0.25) is 4.79 Å². The number of hydrogen-bond acceptors (Lipinski definition) is 2. The summed E-state index contributed by atoms with van der Waals surface area (Å²) in [5.41, 5.74) is 2.34. The van der Waals surface area contributed by atoms with E-state index >= 15 is 0 Å². The molecule has 0 spiro atoms. The number of rotatable bonds is 3. The summed E-state index contributed by atoms with van der Waals surface area (Å²) in [5.74, 6) is 0.676. The predicted molar refractivity (Wildman–Crippen MR) is 93.7 cm³/mol. The third-order valence-electron chi connectivity index (χ3n) is 3.97. The molecule has 4 nitrogen and oxygen atoms in total. The Bertz CT molecular complexity index is 886. The lowest BCUT2D eigenvalue weighted by atomic mass is 10.2. The Morgan fingerprint density at radius 1 is 1.17 bits per heavy atom. The van der Waals surface area contributed by atoms with Crippen LogP contribution in [-0.2, 0) is 7.05 Å². The third kappa shape index (κ3) is 2.78. The van der Waals surface area contributed by atoms with Crippen LogP contribution >= 0.6 is 11.6 Å². The first-order valence-electron chi connectivity index (χ1n) is 7.18. The minimum Gasteiger partial charge on any atom is -0.497 e. The molecular weight excluding hydrogens is 312 g/mol. The number of ether oxygens (including phenoxy) is 1. The van der Waals surface area contributed by atoms with Crippen LogP contribution in [0.1, 0.15) is 10.5 Å². The molecule has 23 heavy (non-hydrogen) atoms. The molecule has 0 atom stereocenters. The molecule has 0 bridgehead atoms. The van der Waals surface area contributed by atoms with Gasteiger partial charge in [0.05, 0.1) is 7.11 Å². The smallest absolute Gasteiger partial charge is 0.274 e. The summed E-state index contributed by atoms with van der Waals surface area (Å²) in [7, 11) is 5.25. The van der Waals surface area contributed by atoms with Crippen LogP contribution in [0.3, 0.4) is 0 Å². The van der Waals surface area contributed by atoms with Crippen molar-refractivity contribution in [3.63, 3.8) is 0 Å². The van der Waals surface area contributed by atoms with Gasteiger partial charge >= 0.3 is 0 Å². The van der Waals surface area contributed by atoms with Gasteiger partial charge in [-0.1, -0.05) is 17.7 Å². The molecular formula is C18H17ClN2O2. The lowest BCUT2D eigenvalue weighted by Gasteiger charge is -2.18. The maximum Gasteiger partial charge on any atom is 0.274 e. The van der Waals surface area contributed by atoms with Crippen LogP contribution in [0.4, 0.5) is 5.69 Å². The second kappa shape index (κ2) is 5.97. The fourth-order valence-corrected chi connectivity index (χ4v) is 2.82. The Morgan fingerprint density at radius 2 is 1.96 bits per heavy atom. The summed E-state index contributed by atoms with van der Waals surface area (Å²) < 4.78 is 7.13. The first kappa shape index (κ1) is 15.4. The van der Waals surface area contributed by atoms with Crippen molar-refractivity contribution in [2.24, 2.45) is 7.05 Å². The van der Waals surface area contributed by atoms with Gasteiger partial charge < -0.3 is 14.2 Å². The Morgan fingerprint density at radius 3 is 2.65 bits per heavy atom. The van der Waals surface area contributed by atoms with Crippen molar-refractivity contribution in [2.45, 2.75) is 0 Å². The molecule has 1 heterocycles. The highest BCUT2D eigenvalue weighted by Crippen LogP contribution is 2.26. The zero-order valence-electron chi connectivity index (χ0n) is 13.2. The summed E-state index contributed by atoms with van der Waals surface area (Å²) >= 11 is 6.01. The van der Waals surface area contributed by atoms with E-state index in [1.807, 2.05) is 48.0 Å². The fraction of sp³-hybridized carbons (Fsp3) is 0.167. The Kier molecular flexibility index (Phi) is 4.01. The first-order chi connectivity index (χ1) is 11.0. The van der Waals surface area contributed by atoms with E-state index in [1.165, 1.54) is 0 Å². The monoisotopic (exact) mass is 328 g/mol. The summed E-state index contributed by atoms with van der Waals surface area (Å²) in [5, 5.41) is 1.57. The molecule has 0 aliphatic heterocycles. The molecule has 5 heteroatoms. The van der Waals surface area contributed by atoms with E-state index < -0.39 is 0 Å². The molecule has 2 aromatic carbocycles. The van der Waals surface area contributed by atoms with E-state index in [0.717, 1.165) is 22.3 Å². The van der Waals surface area contributed by atoms with E-state index in [9.17, 15) is 4.79 Å². The van der Waals surface area contributed by atoms with Gasteiger partial charge in [-0.2, -0.15) is 0 Å². The number of benzene rings is 2. The number of carbonyl (C=O) groups excluding carboxylic acids is 1. The van der Waals surface area contributed by atoms with Crippen molar-refractivity contribution in [1.29, 1.82) is 0 Å². The van der Waals surface area contributed by atoms with Crippen molar-refractivity contribution in [1.82, 2.24) is 4.57 Å². The van der Waals surface area contributed by atoms with Crippen LogP contribution in [0, 0.1) is 0 Å². The van der Waals surface area contributed by atoms with E-state index in [2.05, 4.69) is 0 Å². The molecule has 0 aliphatic carbocycles. The van der Waals surface area contributed by atoms with E-state index in [-0.39, 0.29) is 5.91 Å². The number of anilines is 1. The van der Waals surface area contributed by atoms with Gasteiger partial charge in [-0.15, -0.1) is 0 Å². The second-order valence-electron chi connectivity index (χ2n) is 5.36. The zero-order valence-corrected chi connectivity index (χ0v) is 14.0. The van der Waals surface area contributed by atoms with Gasteiger partial charge in [0.25, 0.3) is 5.91 Å². The first-order valence-corrected chi connectivity index (χ1v) is 7.56. The minimum absolute atomic E-state index is 0.0927. The number of aryl methyl sites for hydroxylation is 1. The van der Waals surface area contributed by atoms with E-state index in [0.29, 0.717) is 10.7 Å². The normalized spacial score (nSPS) is 10.8. The van der Waals surface area contributed by atoms with Gasteiger partial charge in [-0.05, 0) is 42.5 Å². The van der Waals surface area contributed by atoms with Gasteiger partial charge in [0, 0.05) is 35.7 Å². The zero-order chi connectivity index (χ0) is 16.6. The number of carbonyl (C=O) groups is 1. The summed E-state index contributed by atoms with van der Waals surface area (Å²) in [6.07, 6.45) is 0. The molecule has 0 radical (unpaired) electrons. The standard InChI is InChI=1S/C18H17ClN2O2/c1-20(14-6-4-5-13(19)11-14)18(22)17-10-12-9-15(23-3)7-8-16(12)21(17)2/h4-11H,1-3H3. The lowest BCUT2D eigenvalue weighted by molar-refractivity contribution is 0.0985. The largest absolute Gasteiger partial charge is 0.497 e. The Labute approximate surface area is 139 Å². The quantitative estimate of drug-likeness (QED) is 0.725. The number of halogens is 1. The molecule has 0 saturated carbocycles. The van der Waals surface area contributed by atoms with Crippen LogP contribution in [0.25, 0.3) is 10.9 Å². The minimum atomic E-state index is -0.0927. The second-order valence-corrected chi connectivity index (χ2v) is 5.79. The predicted octanol–water partition coefficient (Wildman–Crippen LogP) is 4.12. The van der Waals surface area contributed by atoms with Crippen LogP contribution in [0.5, 0.6) is 5.75 Å². The molecule has 0 N–H and O–H groups in total. The highest BCUT2D eigenvalue weighted by molar-refractivity contribution is 6.31. The number of amides is 1. The molecule has 3 rings (SSSR count). The van der Waals surface area contributed by atoms with Gasteiger partial charge in [-0.25, -0.2) is 0 Å². The maximum absolute atomic E-state index is 12.8. The maximum atomic E-state index is 12.8. The summed E-state index contributed by atoms with van der Waals surface area (Å²) in [6, 6.07) is 14.9. The van der Waals surface area contributed by atoms with Gasteiger partial charge in [0.15, 0.2) is 0 Å². The average Bonchev–Trinajstić information content (AvgIpc) is 2.89. The molecule has 1 amide bonds. The number of methoxy groups -OCH3 is 1. The van der Waals surface area contributed by atoms with Crippen molar-refractivity contribution in [2.75, 3.05) is 19.1 Å². The van der Waals surface area contributed by atoms with E-state index in [4.69, 9.17) is 16.3 Å². The van der Waals surface area contributed by atoms with Crippen LogP contribution in [0.2, 0.25) is 5.02 Å². The lowest BCUT2D eigenvalue weighted by Crippen LogP contribution is -2.27. The molecule has 0 saturated heterocycles. The molecule has 0 unspecified atom stereocenters. The fourth-order valence-electron chi connectivity index (χ4n) is 2.63. The molecule has 118 valence electrons. The van der Waals surface area contributed by atoms with Crippen molar-refractivity contribution < 1.29 is 9.53 Å². The highest BCUT2D eigenvalue weighted by atomic mass is 35.5. The molecule has 0 aliphatic rings. The highest BCUT2D eigenvalue weighted by Gasteiger charge is 2.19. The Hall–Kier alpha value is -2.46. The molecule has 0 fully saturated rings. The topological polar surface area (TPSA) is 34.5 Å². The van der Waals surface area contributed by atoms with E-state index in [1.54, 1.807) is 31.2 Å². The number of aromatic nitrogens is 1. The average molecular weight is 329 g/mol. The van der Waals surface area contributed by atoms with Gasteiger partial charge in [0.2, 0.25) is 0 Å². The molecule has 3 aromatic rings. The van der Waals surface area contributed by atoms with Gasteiger partial charge in [0.1, 0.15) is 11.4 Å². The Balaban J connectivity index is 2.02. The van der Waals surface area contributed by atoms with Crippen LogP contribution in [-0.4, -0.2) is 24.6 Å². The third-order valence-corrected chi connectivity index (χ3v) is 4.20. The van der Waals surface area contributed by atoms with Crippen molar-refractivity contribution in [3.8, 4) is 5.75 Å². The van der Waals surface area contributed by atoms with Crippen molar-refractivity contribution >= 4 is 34.1 Å².